The largest absolute Gasteiger partial charge is 0.478 e. The Bertz CT molecular complexity index is 816. The van der Waals surface area contributed by atoms with Crippen molar-refractivity contribution in [2.45, 2.75) is 17.6 Å². The number of aromatic nitrogens is 2. The number of hydrogen-bond donors (Lipinski definition) is 1. The number of aromatic carboxylic acids is 1. The van der Waals surface area contributed by atoms with Crippen LogP contribution < -0.4 is 0 Å². The quantitative estimate of drug-likeness (QED) is 0.900. The topological polar surface area (TPSA) is 110 Å². The zero-order valence-corrected chi connectivity index (χ0v) is 12.8. The summed E-state index contributed by atoms with van der Waals surface area (Å²) in [7, 11) is -3.93. The van der Waals surface area contributed by atoms with Gasteiger partial charge in [-0.2, -0.15) is 0 Å². The number of aryl methyl sites for hydroxylation is 1. The maximum atomic E-state index is 12.3. The molecule has 10 heteroatoms. The van der Waals surface area contributed by atoms with Crippen molar-refractivity contribution in [2.24, 2.45) is 0 Å². The molecule has 0 fully saturated rings. The van der Waals surface area contributed by atoms with Gasteiger partial charge in [0.1, 0.15) is 17.1 Å². The standard InChI is InChI=1S/C11H8Cl2N2O5S/c1-5-9(15-20-14-5)4-21(18,19)10-2-6(11(16)17)7(12)3-8(10)13/h2-3H,4H2,1H3,(H,16,17). The van der Waals surface area contributed by atoms with E-state index in [0.717, 1.165) is 12.1 Å². The zero-order valence-electron chi connectivity index (χ0n) is 10.5. The molecule has 7 nitrogen and oxygen atoms in total. The summed E-state index contributed by atoms with van der Waals surface area (Å²) < 4.78 is 29.1. The molecule has 1 heterocycles. The molecule has 0 bridgehead atoms. The third kappa shape index (κ3) is 3.17. The highest BCUT2D eigenvalue weighted by Crippen LogP contribution is 2.30. The minimum Gasteiger partial charge on any atom is -0.478 e. The average Bonchev–Trinajstić information content (AvgIpc) is 2.73. The van der Waals surface area contributed by atoms with E-state index >= 15 is 0 Å². The van der Waals surface area contributed by atoms with Crippen LogP contribution in [0.4, 0.5) is 0 Å². The van der Waals surface area contributed by atoms with Gasteiger partial charge in [0.25, 0.3) is 0 Å². The molecule has 0 aliphatic heterocycles. The second-order valence-electron chi connectivity index (χ2n) is 4.12. The van der Waals surface area contributed by atoms with Gasteiger partial charge in [0.2, 0.25) is 0 Å². The number of sulfone groups is 1. The summed E-state index contributed by atoms with van der Waals surface area (Å²) >= 11 is 11.6. The van der Waals surface area contributed by atoms with Gasteiger partial charge in [-0.25, -0.2) is 17.8 Å². The molecule has 0 amide bonds. The molecule has 2 aromatic rings. The second-order valence-corrected chi connectivity index (χ2v) is 6.90. The Morgan fingerprint density at radius 2 is 1.95 bits per heavy atom. The maximum Gasteiger partial charge on any atom is 0.337 e. The molecule has 0 unspecified atom stereocenters. The summed E-state index contributed by atoms with van der Waals surface area (Å²) in [5.41, 5.74) is 0.0923. The highest BCUT2D eigenvalue weighted by molar-refractivity contribution is 7.90. The molecule has 1 aromatic carbocycles. The summed E-state index contributed by atoms with van der Waals surface area (Å²) in [6, 6.07) is 2.00. The Morgan fingerprint density at radius 1 is 1.29 bits per heavy atom. The molecule has 1 aromatic heterocycles. The lowest BCUT2D eigenvalue weighted by molar-refractivity contribution is 0.0697. The van der Waals surface area contributed by atoms with Crippen LogP contribution in [0.3, 0.4) is 0 Å². The van der Waals surface area contributed by atoms with Crippen molar-refractivity contribution >= 4 is 39.0 Å². The summed E-state index contributed by atoms with van der Waals surface area (Å²) in [4.78, 5) is 10.7. The lowest BCUT2D eigenvalue weighted by Crippen LogP contribution is -2.09. The molecular formula is C11H8Cl2N2O5S. The number of carbonyl (C=O) groups is 1. The molecule has 112 valence electrons. The Morgan fingerprint density at radius 3 is 2.48 bits per heavy atom. The van der Waals surface area contributed by atoms with E-state index < -0.39 is 21.6 Å². The highest BCUT2D eigenvalue weighted by Gasteiger charge is 2.25. The molecule has 0 radical (unpaired) electrons. The van der Waals surface area contributed by atoms with Crippen LogP contribution in [-0.4, -0.2) is 29.8 Å². The van der Waals surface area contributed by atoms with Crippen molar-refractivity contribution in [1.82, 2.24) is 10.3 Å². The normalized spacial score (nSPS) is 11.6. The first-order valence-corrected chi connectivity index (χ1v) is 7.86. The number of hydrogen-bond acceptors (Lipinski definition) is 6. The molecule has 0 saturated carbocycles. The van der Waals surface area contributed by atoms with Crippen LogP contribution in [0.1, 0.15) is 21.7 Å². The van der Waals surface area contributed by atoms with Gasteiger partial charge in [0.05, 0.1) is 20.5 Å². The smallest absolute Gasteiger partial charge is 0.337 e. The van der Waals surface area contributed by atoms with Gasteiger partial charge in [-0.15, -0.1) is 0 Å². The van der Waals surface area contributed by atoms with Gasteiger partial charge < -0.3 is 5.11 Å². The third-order valence-electron chi connectivity index (χ3n) is 2.66. The predicted octanol–water partition coefficient (Wildman–Crippen LogP) is 2.36. The van der Waals surface area contributed by atoms with Gasteiger partial charge in [-0.3, -0.25) is 0 Å². The minimum absolute atomic E-state index is 0.123. The monoisotopic (exact) mass is 350 g/mol. The number of nitrogens with zero attached hydrogens (tertiary/aromatic N) is 2. The fraction of sp³-hybridized carbons (Fsp3) is 0.182. The van der Waals surface area contributed by atoms with Crippen LogP contribution in [0.5, 0.6) is 0 Å². The van der Waals surface area contributed by atoms with E-state index in [1.807, 2.05) is 0 Å². The van der Waals surface area contributed by atoms with E-state index in [1.54, 1.807) is 0 Å². The van der Waals surface area contributed by atoms with Crippen molar-refractivity contribution in [3.05, 3.63) is 39.1 Å². The van der Waals surface area contributed by atoms with E-state index in [2.05, 4.69) is 14.9 Å². The zero-order chi connectivity index (χ0) is 15.8. The molecular weight excluding hydrogens is 343 g/mol. The van der Waals surface area contributed by atoms with Crippen LogP contribution in [0.2, 0.25) is 10.0 Å². The predicted molar refractivity (Wildman–Crippen MR) is 73.3 cm³/mol. The number of rotatable bonds is 4. The molecule has 0 atom stereocenters. The van der Waals surface area contributed by atoms with Crippen molar-refractivity contribution < 1.29 is 22.9 Å². The number of benzene rings is 1. The Labute approximate surface area is 129 Å². The first-order chi connectivity index (χ1) is 9.72. The maximum absolute atomic E-state index is 12.3. The molecule has 0 spiro atoms. The SMILES string of the molecule is Cc1nonc1CS(=O)(=O)c1cc(C(=O)O)c(Cl)cc1Cl. The summed E-state index contributed by atoms with van der Waals surface area (Å²) in [5, 5.41) is 15.6. The van der Waals surface area contributed by atoms with Crippen molar-refractivity contribution in [3.8, 4) is 0 Å². The molecule has 0 aliphatic rings. The Kier molecular flexibility index (Phi) is 4.22. The van der Waals surface area contributed by atoms with E-state index in [4.69, 9.17) is 28.3 Å². The molecule has 0 saturated heterocycles. The number of carboxylic acid groups (broad SMARTS) is 1. The van der Waals surface area contributed by atoms with Gasteiger partial charge >= 0.3 is 5.97 Å². The fourth-order valence-corrected chi connectivity index (χ4v) is 3.82. The van der Waals surface area contributed by atoms with E-state index in [1.165, 1.54) is 6.92 Å². The Balaban J connectivity index is 2.52. The van der Waals surface area contributed by atoms with Gasteiger partial charge in [-0.05, 0) is 19.1 Å². The first-order valence-electron chi connectivity index (χ1n) is 5.45. The van der Waals surface area contributed by atoms with Crippen LogP contribution in [-0.2, 0) is 15.6 Å². The van der Waals surface area contributed by atoms with E-state index in [0.29, 0.717) is 5.69 Å². The first kappa shape index (κ1) is 15.7. The van der Waals surface area contributed by atoms with E-state index in [9.17, 15) is 13.2 Å². The van der Waals surface area contributed by atoms with Gasteiger partial charge in [0.15, 0.2) is 9.84 Å². The molecule has 21 heavy (non-hydrogen) atoms. The highest BCUT2D eigenvalue weighted by atomic mass is 35.5. The fourth-order valence-electron chi connectivity index (χ4n) is 1.57. The molecule has 1 N–H and O–H groups in total. The average molecular weight is 351 g/mol. The summed E-state index contributed by atoms with van der Waals surface area (Å²) in [6.45, 7) is 1.54. The molecule has 0 aliphatic carbocycles. The van der Waals surface area contributed by atoms with Crippen LogP contribution in [0.25, 0.3) is 0 Å². The molecule has 2 rings (SSSR count). The second kappa shape index (κ2) is 5.63. The van der Waals surface area contributed by atoms with Crippen molar-refractivity contribution in [3.63, 3.8) is 0 Å². The lowest BCUT2D eigenvalue weighted by Gasteiger charge is -2.08. The van der Waals surface area contributed by atoms with Crippen LogP contribution in [0, 0.1) is 6.92 Å². The van der Waals surface area contributed by atoms with E-state index in [-0.39, 0.29) is 26.2 Å². The van der Waals surface area contributed by atoms with Crippen molar-refractivity contribution in [2.75, 3.05) is 0 Å². The van der Waals surface area contributed by atoms with Gasteiger partial charge in [-0.1, -0.05) is 33.5 Å². The Hall–Kier alpha value is -1.64. The van der Waals surface area contributed by atoms with Crippen LogP contribution in [0.15, 0.2) is 21.7 Å². The summed E-state index contributed by atoms with van der Waals surface area (Å²) in [5.74, 6) is -1.87. The van der Waals surface area contributed by atoms with Crippen molar-refractivity contribution in [1.29, 1.82) is 0 Å². The van der Waals surface area contributed by atoms with Crippen LogP contribution >= 0.6 is 23.2 Å². The lowest BCUT2D eigenvalue weighted by atomic mass is 10.2. The minimum atomic E-state index is -3.93. The number of carboxylic acids is 1. The third-order valence-corrected chi connectivity index (χ3v) is 5.06. The number of halogens is 2. The summed E-state index contributed by atoms with van der Waals surface area (Å²) in [6.07, 6.45) is 0. The van der Waals surface area contributed by atoms with Gasteiger partial charge in [0, 0.05) is 0 Å².